The summed E-state index contributed by atoms with van der Waals surface area (Å²) in [7, 11) is 0. The Morgan fingerprint density at radius 2 is 2.00 bits per heavy atom. The predicted molar refractivity (Wildman–Crippen MR) is 89.4 cm³/mol. The van der Waals surface area contributed by atoms with Crippen LogP contribution >= 0.6 is 0 Å². The molecule has 0 atom stereocenters. The van der Waals surface area contributed by atoms with Gasteiger partial charge in [-0.3, -0.25) is 14.6 Å². The van der Waals surface area contributed by atoms with Crippen LogP contribution in [0.25, 0.3) is 10.8 Å². The standard InChI is InChI=1S/C18H22N4/c1-3-21(12-15-10-20-22(4-2)13-15)14-17-7-5-6-16-11-19-9-8-18(16)17/h5-11,13H,3-4,12,14H2,1-2H3. The van der Waals surface area contributed by atoms with Gasteiger partial charge < -0.3 is 0 Å². The van der Waals surface area contributed by atoms with E-state index in [4.69, 9.17) is 0 Å². The quantitative estimate of drug-likeness (QED) is 0.698. The number of hydrogen-bond acceptors (Lipinski definition) is 3. The second-order valence-electron chi connectivity index (χ2n) is 5.52. The van der Waals surface area contributed by atoms with E-state index in [1.165, 1.54) is 21.9 Å². The Labute approximate surface area is 131 Å². The fraction of sp³-hybridized carbons (Fsp3) is 0.333. The van der Waals surface area contributed by atoms with Crippen molar-refractivity contribution in [2.24, 2.45) is 0 Å². The molecule has 0 aliphatic carbocycles. The summed E-state index contributed by atoms with van der Waals surface area (Å²) >= 11 is 0. The van der Waals surface area contributed by atoms with Gasteiger partial charge in [0, 0.05) is 49.2 Å². The highest BCUT2D eigenvalue weighted by atomic mass is 15.3. The summed E-state index contributed by atoms with van der Waals surface area (Å²) in [6.45, 7) is 8.11. The van der Waals surface area contributed by atoms with Gasteiger partial charge in [-0.25, -0.2) is 0 Å². The summed E-state index contributed by atoms with van der Waals surface area (Å²) in [4.78, 5) is 6.65. The lowest BCUT2D eigenvalue weighted by atomic mass is 10.1. The maximum atomic E-state index is 4.36. The van der Waals surface area contributed by atoms with Crippen LogP contribution in [0.4, 0.5) is 0 Å². The molecule has 2 heterocycles. The molecule has 1 aromatic carbocycles. The zero-order chi connectivity index (χ0) is 15.4. The molecule has 4 heteroatoms. The third-order valence-corrected chi connectivity index (χ3v) is 4.03. The minimum atomic E-state index is 0.919. The molecule has 0 N–H and O–H groups in total. The van der Waals surface area contributed by atoms with Crippen LogP contribution in [0.2, 0.25) is 0 Å². The first-order valence-corrected chi connectivity index (χ1v) is 7.85. The van der Waals surface area contributed by atoms with Crippen molar-refractivity contribution in [3.05, 3.63) is 60.2 Å². The molecule has 0 radical (unpaired) electrons. The number of nitrogens with zero attached hydrogens (tertiary/aromatic N) is 4. The molecule has 0 spiro atoms. The van der Waals surface area contributed by atoms with Crippen LogP contribution in [0.3, 0.4) is 0 Å². The third-order valence-electron chi connectivity index (χ3n) is 4.03. The molecule has 4 nitrogen and oxygen atoms in total. The van der Waals surface area contributed by atoms with Crippen molar-refractivity contribution in [1.82, 2.24) is 19.7 Å². The van der Waals surface area contributed by atoms with E-state index in [1.54, 1.807) is 0 Å². The Balaban J connectivity index is 1.79. The van der Waals surface area contributed by atoms with Crippen molar-refractivity contribution >= 4 is 10.8 Å². The Morgan fingerprint density at radius 1 is 1.09 bits per heavy atom. The Morgan fingerprint density at radius 3 is 2.77 bits per heavy atom. The van der Waals surface area contributed by atoms with Gasteiger partial charge in [-0.2, -0.15) is 5.10 Å². The zero-order valence-corrected chi connectivity index (χ0v) is 13.2. The molecule has 22 heavy (non-hydrogen) atoms. The summed E-state index contributed by atoms with van der Waals surface area (Å²) in [5.41, 5.74) is 2.62. The summed E-state index contributed by atoms with van der Waals surface area (Å²) in [5.74, 6) is 0. The van der Waals surface area contributed by atoms with Gasteiger partial charge in [0.2, 0.25) is 0 Å². The summed E-state index contributed by atoms with van der Waals surface area (Å²) < 4.78 is 1.98. The lowest BCUT2D eigenvalue weighted by Crippen LogP contribution is -2.22. The van der Waals surface area contributed by atoms with Crippen molar-refractivity contribution in [2.45, 2.75) is 33.5 Å². The van der Waals surface area contributed by atoms with Crippen LogP contribution < -0.4 is 0 Å². The highest BCUT2D eigenvalue weighted by molar-refractivity contribution is 5.84. The largest absolute Gasteiger partial charge is 0.295 e. The normalized spacial score (nSPS) is 11.4. The monoisotopic (exact) mass is 294 g/mol. The highest BCUT2D eigenvalue weighted by Crippen LogP contribution is 2.19. The summed E-state index contributed by atoms with van der Waals surface area (Å²) in [6.07, 6.45) is 7.91. The Bertz CT molecular complexity index is 742. The minimum absolute atomic E-state index is 0.919. The van der Waals surface area contributed by atoms with E-state index in [-0.39, 0.29) is 0 Å². The zero-order valence-electron chi connectivity index (χ0n) is 13.2. The minimum Gasteiger partial charge on any atom is -0.295 e. The average molecular weight is 294 g/mol. The Hall–Kier alpha value is -2.20. The molecule has 2 aromatic heterocycles. The molecule has 0 saturated heterocycles. The van der Waals surface area contributed by atoms with Crippen LogP contribution in [-0.4, -0.2) is 26.2 Å². The van der Waals surface area contributed by atoms with Gasteiger partial charge >= 0.3 is 0 Å². The number of rotatable bonds is 6. The third kappa shape index (κ3) is 3.17. The van der Waals surface area contributed by atoms with E-state index in [0.717, 1.165) is 26.2 Å². The first kappa shape index (κ1) is 14.7. The highest BCUT2D eigenvalue weighted by Gasteiger charge is 2.09. The molecule has 3 aromatic rings. The number of fused-ring (bicyclic) bond motifs is 1. The van der Waals surface area contributed by atoms with Crippen molar-refractivity contribution in [3.8, 4) is 0 Å². The fourth-order valence-electron chi connectivity index (χ4n) is 2.77. The number of benzene rings is 1. The summed E-state index contributed by atoms with van der Waals surface area (Å²) in [6, 6.07) is 8.55. The molecule has 0 amide bonds. The van der Waals surface area contributed by atoms with Gasteiger partial charge in [-0.05, 0) is 30.5 Å². The van der Waals surface area contributed by atoms with Gasteiger partial charge in [0.1, 0.15) is 0 Å². The first-order valence-electron chi connectivity index (χ1n) is 7.85. The van der Waals surface area contributed by atoms with Crippen molar-refractivity contribution in [2.75, 3.05) is 6.54 Å². The van der Waals surface area contributed by atoms with E-state index in [9.17, 15) is 0 Å². The van der Waals surface area contributed by atoms with Gasteiger partial charge in [-0.15, -0.1) is 0 Å². The van der Waals surface area contributed by atoms with Crippen LogP contribution in [-0.2, 0) is 19.6 Å². The molecule has 0 saturated carbocycles. The number of pyridine rings is 1. The molecule has 3 rings (SSSR count). The predicted octanol–water partition coefficient (Wildman–Crippen LogP) is 3.47. The molecule has 0 aliphatic heterocycles. The lowest BCUT2D eigenvalue weighted by Gasteiger charge is -2.20. The van der Waals surface area contributed by atoms with E-state index in [0.29, 0.717) is 0 Å². The van der Waals surface area contributed by atoms with Crippen LogP contribution in [0.1, 0.15) is 25.0 Å². The lowest BCUT2D eigenvalue weighted by molar-refractivity contribution is 0.272. The van der Waals surface area contributed by atoms with Gasteiger partial charge in [-0.1, -0.05) is 25.1 Å². The molecule has 0 bridgehead atoms. The smallest absolute Gasteiger partial charge is 0.0534 e. The van der Waals surface area contributed by atoms with E-state index in [2.05, 4.69) is 59.3 Å². The van der Waals surface area contributed by atoms with Crippen LogP contribution in [0.5, 0.6) is 0 Å². The SMILES string of the molecule is CCN(Cc1cnn(CC)c1)Cc1cccc2cnccc12. The van der Waals surface area contributed by atoms with Gasteiger partial charge in [0.05, 0.1) is 6.20 Å². The second-order valence-corrected chi connectivity index (χ2v) is 5.52. The summed E-state index contributed by atoms with van der Waals surface area (Å²) in [5, 5.41) is 6.86. The second kappa shape index (κ2) is 6.71. The van der Waals surface area contributed by atoms with Crippen molar-refractivity contribution in [3.63, 3.8) is 0 Å². The van der Waals surface area contributed by atoms with E-state index in [1.807, 2.05) is 23.3 Å². The number of aryl methyl sites for hydroxylation is 1. The maximum absolute atomic E-state index is 4.36. The van der Waals surface area contributed by atoms with Crippen LogP contribution in [0.15, 0.2) is 49.1 Å². The van der Waals surface area contributed by atoms with Gasteiger partial charge in [0.25, 0.3) is 0 Å². The molecule has 0 unspecified atom stereocenters. The van der Waals surface area contributed by atoms with E-state index < -0.39 is 0 Å². The molecule has 114 valence electrons. The topological polar surface area (TPSA) is 34.0 Å². The van der Waals surface area contributed by atoms with E-state index >= 15 is 0 Å². The first-order chi connectivity index (χ1) is 10.8. The molecule has 0 fully saturated rings. The Kier molecular flexibility index (Phi) is 4.49. The number of hydrogen-bond donors (Lipinski definition) is 0. The van der Waals surface area contributed by atoms with Crippen molar-refractivity contribution < 1.29 is 0 Å². The van der Waals surface area contributed by atoms with Crippen LogP contribution in [0, 0.1) is 0 Å². The average Bonchev–Trinajstić information content (AvgIpc) is 3.02. The maximum Gasteiger partial charge on any atom is 0.0534 e. The van der Waals surface area contributed by atoms with Gasteiger partial charge in [0.15, 0.2) is 0 Å². The molecule has 0 aliphatic rings. The molecular weight excluding hydrogens is 272 g/mol. The van der Waals surface area contributed by atoms with Crippen molar-refractivity contribution in [1.29, 1.82) is 0 Å². The fourth-order valence-corrected chi connectivity index (χ4v) is 2.77. The number of aromatic nitrogens is 3. The molecular formula is C18H22N4.